The van der Waals surface area contributed by atoms with Crippen LogP contribution in [0.5, 0.6) is 5.75 Å². The lowest BCUT2D eigenvalue weighted by Crippen LogP contribution is -2.50. The summed E-state index contributed by atoms with van der Waals surface area (Å²) in [5, 5.41) is 0. The van der Waals surface area contributed by atoms with Gasteiger partial charge in [0.25, 0.3) is 5.91 Å². The summed E-state index contributed by atoms with van der Waals surface area (Å²) in [4.78, 5) is 28.7. The van der Waals surface area contributed by atoms with Gasteiger partial charge < -0.3 is 14.5 Å². The summed E-state index contributed by atoms with van der Waals surface area (Å²) in [5.41, 5.74) is 0.969. The maximum Gasteiger partial charge on any atom is 0.268 e. The molecule has 0 aliphatic carbocycles. The van der Waals surface area contributed by atoms with Crippen LogP contribution in [0.15, 0.2) is 36.4 Å². The smallest absolute Gasteiger partial charge is 0.268 e. The molecule has 0 N–H and O–H groups in total. The minimum absolute atomic E-state index is 0.110. The normalized spacial score (nSPS) is 20.1. The van der Waals surface area contributed by atoms with Crippen LogP contribution in [0.1, 0.15) is 31.4 Å². The Balaban J connectivity index is 1.83. The van der Waals surface area contributed by atoms with Gasteiger partial charge in [0, 0.05) is 29.8 Å². The molecule has 2 aromatic rings. The van der Waals surface area contributed by atoms with Crippen molar-refractivity contribution in [2.45, 2.75) is 31.7 Å². The topological polar surface area (TPSA) is 49.9 Å². The molecule has 2 heterocycles. The fourth-order valence-corrected chi connectivity index (χ4v) is 5.71. The van der Waals surface area contributed by atoms with Gasteiger partial charge in [-0.15, -0.1) is 11.8 Å². The number of halogens is 2. The Morgan fingerprint density at radius 2 is 1.94 bits per heavy atom. The number of fused-ring (bicyclic) bond motifs is 2. The van der Waals surface area contributed by atoms with Crippen LogP contribution in [0.4, 0.5) is 14.5 Å². The number of ether oxygens (including phenoxy) is 1. The Kier molecular flexibility index (Phi) is 5.68. The van der Waals surface area contributed by atoms with E-state index in [0.29, 0.717) is 35.7 Å². The molecule has 0 saturated carbocycles. The number of anilines is 1. The van der Waals surface area contributed by atoms with Crippen LogP contribution in [0.25, 0.3) is 0 Å². The van der Waals surface area contributed by atoms with E-state index >= 15 is 0 Å². The fraction of sp³-hybridized carbons (Fsp3) is 0.391. The van der Waals surface area contributed by atoms with Crippen molar-refractivity contribution in [1.82, 2.24) is 4.90 Å². The van der Waals surface area contributed by atoms with E-state index in [2.05, 4.69) is 0 Å². The molecule has 2 aliphatic rings. The molecule has 2 aromatic carbocycles. The molecule has 1 saturated heterocycles. The summed E-state index contributed by atoms with van der Waals surface area (Å²) in [6, 6.07) is 8.80. The van der Waals surface area contributed by atoms with Crippen molar-refractivity contribution in [1.29, 1.82) is 0 Å². The first-order chi connectivity index (χ1) is 14.8. The van der Waals surface area contributed by atoms with E-state index in [9.17, 15) is 18.4 Å². The molecule has 1 atom stereocenters. The summed E-state index contributed by atoms with van der Waals surface area (Å²) in [5.74, 6) is -0.618. The first-order valence-corrected chi connectivity index (χ1v) is 11.2. The van der Waals surface area contributed by atoms with Gasteiger partial charge >= 0.3 is 0 Å². The molecule has 164 valence electrons. The van der Waals surface area contributed by atoms with Gasteiger partial charge in [0.1, 0.15) is 17.4 Å². The van der Waals surface area contributed by atoms with Crippen LogP contribution >= 0.6 is 11.8 Å². The predicted molar refractivity (Wildman–Crippen MR) is 116 cm³/mol. The highest BCUT2D eigenvalue weighted by Crippen LogP contribution is 2.55. The van der Waals surface area contributed by atoms with E-state index < -0.39 is 16.5 Å². The number of carbonyl (C=O) groups is 2. The second-order valence-electron chi connectivity index (χ2n) is 8.11. The Bertz CT molecular complexity index is 1030. The van der Waals surface area contributed by atoms with E-state index in [1.165, 1.54) is 42.0 Å². The van der Waals surface area contributed by atoms with Crippen LogP contribution in [0, 0.1) is 17.6 Å². The highest BCUT2D eigenvalue weighted by molar-refractivity contribution is 8.01. The van der Waals surface area contributed by atoms with Gasteiger partial charge in [-0.3, -0.25) is 9.59 Å². The van der Waals surface area contributed by atoms with Gasteiger partial charge in [-0.2, -0.15) is 0 Å². The van der Waals surface area contributed by atoms with Crippen molar-refractivity contribution < 1.29 is 23.1 Å². The maximum atomic E-state index is 14.4. The first-order valence-electron chi connectivity index (χ1n) is 10.2. The molecule has 0 bridgehead atoms. The zero-order valence-corrected chi connectivity index (χ0v) is 18.5. The molecule has 2 aliphatic heterocycles. The third-order valence-corrected chi connectivity index (χ3v) is 7.08. The Labute approximate surface area is 184 Å². The molecule has 1 fully saturated rings. The monoisotopic (exact) mass is 446 g/mol. The van der Waals surface area contributed by atoms with Gasteiger partial charge in [0.15, 0.2) is 4.87 Å². The van der Waals surface area contributed by atoms with Crippen molar-refractivity contribution in [3.63, 3.8) is 0 Å². The zero-order valence-electron chi connectivity index (χ0n) is 17.7. The molecule has 2 amide bonds. The molecule has 31 heavy (non-hydrogen) atoms. The van der Waals surface area contributed by atoms with Crippen molar-refractivity contribution >= 4 is 29.3 Å². The summed E-state index contributed by atoms with van der Waals surface area (Å²) in [6.07, 6.45) is 0.316. The van der Waals surface area contributed by atoms with Crippen LogP contribution in [0.3, 0.4) is 0 Å². The molecule has 0 radical (unpaired) electrons. The molecule has 5 nitrogen and oxygen atoms in total. The average Bonchev–Trinajstić information content (AvgIpc) is 3.27. The number of benzene rings is 2. The van der Waals surface area contributed by atoms with E-state index in [1.54, 1.807) is 23.1 Å². The zero-order chi connectivity index (χ0) is 22.3. The number of methoxy groups -OCH3 is 1. The van der Waals surface area contributed by atoms with Gasteiger partial charge in [-0.1, -0.05) is 19.9 Å². The highest BCUT2D eigenvalue weighted by atomic mass is 32.2. The molecule has 8 heteroatoms. The number of rotatable bonds is 5. The Morgan fingerprint density at radius 3 is 2.58 bits per heavy atom. The summed E-state index contributed by atoms with van der Waals surface area (Å²) in [6.45, 7) is 4.08. The Hall–Kier alpha value is -2.61. The van der Waals surface area contributed by atoms with Crippen LogP contribution < -0.4 is 9.64 Å². The summed E-state index contributed by atoms with van der Waals surface area (Å²) in [7, 11) is 1.53. The van der Waals surface area contributed by atoms with E-state index in [1.807, 2.05) is 13.8 Å². The summed E-state index contributed by atoms with van der Waals surface area (Å²) >= 11 is 1.38. The van der Waals surface area contributed by atoms with E-state index in [-0.39, 0.29) is 29.8 Å². The third-order valence-electron chi connectivity index (χ3n) is 5.66. The maximum absolute atomic E-state index is 14.4. The van der Waals surface area contributed by atoms with E-state index in [4.69, 9.17) is 4.74 Å². The lowest BCUT2D eigenvalue weighted by molar-refractivity contribution is -0.140. The van der Waals surface area contributed by atoms with Crippen molar-refractivity contribution in [2.75, 3.05) is 24.3 Å². The van der Waals surface area contributed by atoms with Gasteiger partial charge in [0.05, 0.1) is 19.3 Å². The SMILES string of the molecule is COc1ccc2c(c1)[C@@]1(SCCN1C(=O)CC(C)C)C(=O)N2Cc1c(F)cccc1F. The Morgan fingerprint density at radius 1 is 1.23 bits per heavy atom. The standard InChI is InChI=1S/C23H24F2N2O3S/c1-14(2)11-21(28)27-9-10-31-23(27)17-12-15(30-3)7-8-20(17)26(22(23)29)13-16-18(24)5-4-6-19(16)25/h4-8,12,14H,9-11,13H2,1-3H3/t23-/m1/s1. The quantitative estimate of drug-likeness (QED) is 0.688. The van der Waals surface area contributed by atoms with Crippen molar-refractivity contribution in [3.8, 4) is 5.75 Å². The summed E-state index contributed by atoms with van der Waals surface area (Å²) < 4.78 is 34.1. The van der Waals surface area contributed by atoms with Gasteiger partial charge in [-0.25, -0.2) is 8.78 Å². The average molecular weight is 447 g/mol. The number of nitrogens with zero attached hydrogens (tertiary/aromatic N) is 2. The number of hydrogen-bond acceptors (Lipinski definition) is 4. The van der Waals surface area contributed by atoms with Gasteiger partial charge in [-0.05, 0) is 36.2 Å². The lowest BCUT2D eigenvalue weighted by atomic mass is 10.0. The second kappa shape index (κ2) is 8.15. The van der Waals surface area contributed by atoms with Crippen LogP contribution in [-0.4, -0.2) is 36.1 Å². The van der Waals surface area contributed by atoms with Crippen LogP contribution in [-0.2, 0) is 21.0 Å². The molecule has 0 unspecified atom stereocenters. The number of amides is 2. The number of hydrogen-bond donors (Lipinski definition) is 0. The minimum atomic E-state index is -1.25. The van der Waals surface area contributed by atoms with E-state index in [0.717, 1.165) is 0 Å². The molecule has 1 spiro atoms. The molecular formula is C23H24F2N2O3S. The lowest BCUT2D eigenvalue weighted by Gasteiger charge is -2.33. The largest absolute Gasteiger partial charge is 0.497 e. The number of thioether (sulfide) groups is 1. The fourth-order valence-electron chi connectivity index (χ4n) is 4.24. The van der Waals surface area contributed by atoms with Crippen molar-refractivity contribution in [2.24, 2.45) is 5.92 Å². The first kappa shape index (κ1) is 21.6. The highest BCUT2D eigenvalue weighted by Gasteiger charge is 2.59. The number of carbonyl (C=O) groups excluding carboxylic acids is 2. The predicted octanol–water partition coefficient (Wildman–Crippen LogP) is 4.29. The third kappa shape index (κ3) is 3.46. The molecule has 0 aromatic heterocycles. The molecule has 4 rings (SSSR count). The van der Waals surface area contributed by atoms with Crippen molar-refractivity contribution in [3.05, 3.63) is 59.2 Å². The molecular weight excluding hydrogens is 422 g/mol. The minimum Gasteiger partial charge on any atom is -0.497 e. The van der Waals surface area contributed by atoms with Gasteiger partial charge in [0.2, 0.25) is 5.91 Å². The second-order valence-corrected chi connectivity index (χ2v) is 9.40. The van der Waals surface area contributed by atoms with Crippen LogP contribution in [0.2, 0.25) is 0 Å².